The first kappa shape index (κ1) is 8.77. The SMILES string of the molecule is CC12C[C@@]34C=C[C@@H](O)CC3C(CC1C4)O2. The van der Waals surface area contributed by atoms with E-state index < -0.39 is 0 Å². The van der Waals surface area contributed by atoms with E-state index in [0.717, 1.165) is 12.3 Å². The maximum absolute atomic E-state index is 9.73. The highest BCUT2D eigenvalue weighted by Gasteiger charge is 2.67. The van der Waals surface area contributed by atoms with E-state index in [2.05, 4.69) is 13.0 Å². The number of hydrogen-bond acceptors (Lipinski definition) is 2. The highest BCUT2D eigenvalue weighted by Crippen LogP contribution is 2.68. The molecule has 82 valence electrons. The van der Waals surface area contributed by atoms with Crippen molar-refractivity contribution in [3.8, 4) is 0 Å². The molecule has 1 spiro atoms. The van der Waals surface area contributed by atoms with Crippen LogP contribution in [0.3, 0.4) is 0 Å². The Morgan fingerprint density at radius 2 is 2.27 bits per heavy atom. The third-order valence-electron chi connectivity index (χ3n) is 5.44. The molecule has 2 heteroatoms. The molecule has 4 unspecified atom stereocenters. The molecule has 1 N–H and O–H groups in total. The molecule has 2 saturated heterocycles. The lowest BCUT2D eigenvalue weighted by atomic mass is 9.62. The van der Waals surface area contributed by atoms with Crippen molar-refractivity contribution in [1.82, 2.24) is 0 Å². The first-order valence-corrected chi connectivity index (χ1v) is 6.17. The van der Waals surface area contributed by atoms with Crippen molar-refractivity contribution in [1.29, 1.82) is 0 Å². The third kappa shape index (κ3) is 0.891. The van der Waals surface area contributed by atoms with Gasteiger partial charge in [-0.1, -0.05) is 12.2 Å². The van der Waals surface area contributed by atoms with Crippen molar-refractivity contribution in [3.63, 3.8) is 0 Å². The zero-order chi connectivity index (χ0) is 10.3. The quantitative estimate of drug-likeness (QED) is 0.613. The summed E-state index contributed by atoms with van der Waals surface area (Å²) in [4.78, 5) is 0. The number of aliphatic hydroxyl groups excluding tert-OH is 1. The van der Waals surface area contributed by atoms with Crippen LogP contribution in [0.15, 0.2) is 12.2 Å². The Morgan fingerprint density at radius 3 is 3.07 bits per heavy atom. The highest BCUT2D eigenvalue weighted by atomic mass is 16.5. The topological polar surface area (TPSA) is 29.5 Å². The molecule has 2 saturated carbocycles. The Kier molecular flexibility index (Phi) is 1.36. The van der Waals surface area contributed by atoms with Crippen LogP contribution >= 0.6 is 0 Å². The van der Waals surface area contributed by atoms with Crippen LogP contribution in [0.5, 0.6) is 0 Å². The van der Waals surface area contributed by atoms with E-state index in [4.69, 9.17) is 4.74 Å². The molecule has 4 fully saturated rings. The summed E-state index contributed by atoms with van der Waals surface area (Å²) in [5.74, 6) is 1.36. The molecule has 2 nitrogen and oxygen atoms in total. The standard InChI is InChI=1S/C13H18O2/c1-12-7-13-3-2-9(14)5-10(13)11(15-12)4-8(12)6-13/h2-3,8-11,14H,4-7H2,1H3/t8?,9-,10?,11?,12?,13+/m1/s1. The van der Waals surface area contributed by atoms with Crippen LogP contribution in [-0.4, -0.2) is 22.9 Å². The van der Waals surface area contributed by atoms with Gasteiger partial charge < -0.3 is 9.84 Å². The summed E-state index contributed by atoms with van der Waals surface area (Å²) >= 11 is 0. The summed E-state index contributed by atoms with van der Waals surface area (Å²) in [6.07, 6.45) is 9.19. The van der Waals surface area contributed by atoms with Crippen molar-refractivity contribution in [3.05, 3.63) is 12.2 Å². The summed E-state index contributed by atoms with van der Waals surface area (Å²) in [5, 5.41) is 9.73. The molecule has 15 heavy (non-hydrogen) atoms. The van der Waals surface area contributed by atoms with E-state index >= 15 is 0 Å². The fourth-order valence-electron chi connectivity index (χ4n) is 4.87. The number of hydrogen-bond donors (Lipinski definition) is 1. The molecule has 5 rings (SSSR count). The molecule has 0 aromatic carbocycles. The van der Waals surface area contributed by atoms with Crippen LogP contribution in [-0.2, 0) is 4.74 Å². The normalized spacial score (nSPS) is 64.9. The Hall–Kier alpha value is -0.340. The van der Waals surface area contributed by atoms with Crippen molar-refractivity contribution in [2.75, 3.05) is 0 Å². The van der Waals surface area contributed by atoms with Crippen LogP contribution in [0.25, 0.3) is 0 Å². The molecule has 0 aromatic heterocycles. The molecule has 6 atom stereocenters. The van der Waals surface area contributed by atoms with Crippen molar-refractivity contribution < 1.29 is 9.84 Å². The number of aliphatic hydroxyl groups is 1. The summed E-state index contributed by atoms with van der Waals surface area (Å²) in [5.41, 5.74) is 0.549. The maximum Gasteiger partial charge on any atom is 0.0725 e. The molecule has 3 aliphatic carbocycles. The predicted octanol–water partition coefficient (Wildman–Crippen LogP) is 1.88. The molecular weight excluding hydrogens is 188 g/mol. The van der Waals surface area contributed by atoms with Crippen molar-refractivity contribution in [2.45, 2.75) is 50.4 Å². The molecule has 0 aromatic rings. The molecule has 2 heterocycles. The molecule has 5 aliphatic rings. The van der Waals surface area contributed by atoms with Gasteiger partial charge in [0, 0.05) is 0 Å². The Bertz CT molecular complexity index is 350. The van der Waals surface area contributed by atoms with E-state index in [0.29, 0.717) is 17.4 Å². The average Bonchev–Trinajstić information content (AvgIpc) is 2.54. The molecule has 4 bridgehead atoms. The van der Waals surface area contributed by atoms with E-state index in [1.165, 1.54) is 19.3 Å². The predicted molar refractivity (Wildman–Crippen MR) is 56.3 cm³/mol. The van der Waals surface area contributed by atoms with Gasteiger partial charge in [0.15, 0.2) is 0 Å². The lowest BCUT2D eigenvalue weighted by Crippen LogP contribution is -2.47. The largest absolute Gasteiger partial charge is 0.389 e. The smallest absolute Gasteiger partial charge is 0.0725 e. The number of rotatable bonds is 0. The molecule has 0 radical (unpaired) electrons. The second-order valence-electron chi connectivity index (χ2n) is 6.28. The fourth-order valence-corrected chi connectivity index (χ4v) is 4.87. The lowest BCUT2D eigenvalue weighted by Gasteiger charge is -2.48. The maximum atomic E-state index is 9.73. The second kappa shape index (κ2) is 2.33. The summed E-state index contributed by atoms with van der Waals surface area (Å²) in [7, 11) is 0. The van der Waals surface area contributed by atoms with E-state index in [1.54, 1.807) is 0 Å². The number of allylic oxidation sites excluding steroid dienone is 1. The van der Waals surface area contributed by atoms with Gasteiger partial charge in [0.05, 0.1) is 17.8 Å². The Labute approximate surface area is 90.3 Å². The van der Waals surface area contributed by atoms with Gasteiger partial charge in [0.2, 0.25) is 0 Å². The second-order valence-corrected chi connectivity index (χ2v) is 6.28. The third-order valence-corrected chi connectivity index (χ3v) is 5.44. The molecule has 2 aliphatic heterocycles. The van der Waals surface area contributed by atoms with Gasteiger partial charge in [-0.2, -0.15) is 0 Å². The van der Waals surface area contributed by atoms with Crippen molar-refractivity contribution >= 4 is 0 Å². The molecule has 0 amide bonds. The van der Waals surface area contributed by atoms with Crippen LogP contribution in [0.1, 0.15) is 32.6 Å². The zero-order valence-corrected chi connectivity index (χ0v) is 9.15. The monoisotopic (exact) mass is 206 g/mol. The first-order valence-electron chi connectivity index (χ1n) is 6.17. The van der Waals surface area contributed by atoms with Gasteiger partial charge in [-0.25, -0.2) is 0 Å². The van der Waals surface area contributed by atoms with E-state index in [-0.39, 0.29) is 11.7 Å². The van der Waals surface area contributed by atoms with Gasteiger partial charge >= 0.3 is 0 Å². The minimum atomic E-state index is -0.228. The minimum Gasteiger partial charge on any atom is -0.389 e. The fraction of sp³-hybridized carbons (Fsp3) is 0.846. The zero-order valence-electron chi connectivity index (χ0n) is 9.15. The highest BCUT2D eigenvalue weighted by molar-refractivity contribution is 5.25. The number of ether oxygens (including phenoxy) is 1. The molecular formula is C13H18O2. The average molecular weight is 206 g/mol. The van der Waals surface area contributed by atoms with E-state index in [1.807, 2.05) is 6.08 Å². The van der Waals surface area contributed by atoms with Gasteiger partial charge in [-0.3, -0.25) is 0 Å². The van der Waals surface area contributed by atoms with Crippen LogP contribution in [0, 0.1) is 17.3 Å². The van der Waals surface area contributed by atoms with Crippen LogP contribution in [0.2, 0.25) is 0 Å². The van der Waals surface area contributed by atoms with Crippen LogP contribution in [0.4, 0.5) is 0 Å². The van der Waals surface area contributed by atoms with Gasteiger partial charge in [0.25, 0.3) is 0 Å². The summed E-state index contributed by atoms with van der Waals surface area (Å²) in [6.45, 7) is 2.29. The van der Waals surface area contributed by atoms with Gasteiger partial charge in [-0.05, 0) is 49.9 Å². The first-order chi connectivity index (χ1) is 7.11. The van der Waals surface area contributed by atoms with Crippen LogP contribution < -0.4 is 0 Å². The van der Waals surface area contributed by atoms with Gasteiger partial charge in [0.1, 0.15) is 0 Å². The Balaban J connectivity index is 1.83. The minimum absolute atomic E-state index is 0.161. The summed E-state index contributed by atoms with van der Waals surface area (Å²) < 4.78 is 6.21. The van der Waals surface area contributed by atoms with E-state index in [9.17, 15) is 5.11 Å². The van der Waals surface area contributed by atoms with Crippen molar-refractivity contribution in [2.24, 2.45) is 17.3 Å². The lowest BCUT2D eigenvalue weighted by molar-refractivity contribution is -0.129. The summed E-state index contributed by atoms with van der Waals surface area (Å²) in [6, 6.07) is 0. The Morgan fingerprint density at radius 1 is 1.40 bits per heavy atom. The van der Waals surface area contributed by atoms with Gasteiger partial charge in [-0.15, -0.1) is 0 Å².